The van der Waals surface area contributed by atoms with E-state index < -0.39 is 0 Å². The van der Waals surface area contributed by atoms with E-state index in [0.29, 0.717) is 17.2 Å². The first-order valence-corrected chi connectivity index (χ1v) is 6.89. The van der Waals surface area contributed by atoms with Crippen LogP contribution in [0, 0.1) is 6.92 Å². The standard InChI is InChI=1S/C16H17ClO3/c1-3-11-9-14(16(19)20-15(11)6-7-18)13-5-4-12(17)8-10(13)2/h3-6,8,14,18H,7,9H2,1-2H3/b11-3-,15-6+. The third-order valence-corrected chi connectivity index (χ3v) is 3.70. The fourth-order valence-corrected chi connectivity index (χ4v) is 2.66. The molecule has 0 bridgehead atoms. The van der Waals surface area contributed by atoms with Crippen molar-refractivity contribution in [3.8, 4) is 0 Å². The van der Waals surface area contributed by atoms with E-state index >= 15 is 0 Å². The van der Waals surface area contributed by atoms with Gasteiger partial charge in [-0.2, -0.15) is 0 Å². The fourth-order valence-electron chi connectivity index (χ4n) is 2.43. The second-order valence-corrected chi connectivity index (χ2v) is 5.18. The summed E-state index contributed by atoms with van der Waals surface area (Å²) in [6, 6.07) is 5.50. The first-order valence-electron chi connectivity index (χ1n) is 6.51. The molecule has 0 amide bonds. The Kier molecular flexibility index (Phi) is 4.63. The Balaban J connectivity index is 2.35. The van der Waals surface area contributed by atoms with Crippen LogP contribution in [0.5, 0.6) is 0 Å². The first kappa shape index (κ1) is 14.8. The first-order chi connectivity index (χ1) is 9.56. The molecule has 0 spiro atoms. The second kappa shape index (κ2) is 6.25. The second-order valence-electron chi connectivity index (χ2n) is 4.74. The molecule has 0 radical (unpaired) electrons. The van der Waals surface area contributed by atoms with Gasteiger partial charge in [0.25, 0.3) is 0 Å². The Hall–Kier alpha value is -1.58. The number of cyclic esters (lactones) is 1. The van der Waals surface area contributed by atoms with Gasteiger partial charge in [0.1, 0.15) is 5.76 Å². The number of aliphatic hydroxyl groups excluding tert-OH is 1. The van der Waals surface area contributed by atoms with Crippen molar-refractivity contribution < 1.29 is 14.6 Å². The largest absolute Gasteiger partial charge is 0.426 e. The molecule has 1 aliphatic rings. The zero-order valence-corrected chi connectivity index (χ0v) is 12.3. The summed E-state index contributed by atoms with van der Waals surface area (Å²) in [5.74, 6) is -0.155. The Labute approximate surface area is 123 Å². The summed E-state index contributed by atoms with van der Waals surface area (Å²) in [6.45, 7) is 3.68. The maximum atomic E-state index is 12.2. The van der Waals surface area contributed by atoms with E-state index in [-0.39, 0.29) is 18.5 Å². The van der Waals surface area contributed by atoms with E-state index in [0.717, 1.165) is 16.7 Å². The number of ether oxygens (including phenoxy) is 1. The topological polar surface area (TPSA) is 46.5 Å². The fraction of sp³-hybridized carbons (Fsp3) is 0.312. The molecule has 3 nitrogen and oxygen atoms in total. The molecule has 0 aromatic heterocycles. The summed E-state index contributed by atoms with van der Waals surface area (Å²) in [5.41, 5.74) is 2.84. The van der Waals surface area contributed by atoms with E-state index in [1.807, 2.05) is 32.1 Å². The summed E-state index contributed by atoms with van der Waals surface area (Å²) in [5, 5.41) is 9.62. The van der Waals surface area contributed by atoms with Gasteiger partial charge >= 0.3 is 5.97 Å². The third kappa shape index (κ3) is 2.94. The van der Waals surface area contributed by atoms with Gasteiger partial charge in [-0.1, -0.05) is 23.7 Å². The summed E-state index contributed by atoms with van der Waals surface area (Å²) in [7, 11) is 0. The zero-order valence-electron chi connectivity index (χ0n) is 11.5. The molecule has 1 aromatic carbocycles. The molecule has 1 saturated heterocycles. The van der Waals surface area contributed by atoms with Crippen molar-refractivity contribution in [1.29, 1.82) is 0 Å². The number of aryl methyl sites for hydroxylation is 1. The number of hydrogen-bond acceptors (Lipinski definition) is 3. The highest BCUT2D eigenvalue weighted by Gasteiger charge is 2.32. The van der Waals surface area contributed by atoms with Crippen LogP contribution in [0.2, 0.25) is 5.02 Å². The van der Waals surface area contributed by atoms with Crippen molar-refractivity contribution in [2.24, 2.45) is 0 Å². The van der Waals surface area contributed by atoms with Crippen LogP contribution < -0.4 is 0 Å². The lowest BCUT2D eigenvalue weighted by molar-refractivity contribution is -0.142. The van der Waals surface area contributed by atoms with Gasteiger partial charge < -0.3 is 9.84 Å². The van der Waals surface area contributed by atoms with Crippen molar-refractivity contribution in [3.05, 3.63) is 57.8 Å². The molecule has 1 fully saturated rings. The molecule has 2 rings (SSSR count). The number of rotatable bonds is 2. The number of hydrogen-bond donors (Lipinski definition) is 1. The normalized spacial score (nSPS) is 23.2. The molecule has 0 aliphatic carbocycles. The summed E-state index contributed by atoms with van der Waals surface area (Å²) in [6.07, 6.45) is 3.99. The number of carbonyl (C=O) groups is 1. The highest BCUT2D eigenvalue weighted by molar-refractivity contribution is 6.30. The van der Waals surface area contributed by atoms with Crippen LogP contribution in [-0.2, 0) is 9.53 Å². The quantitative estimate of drug-likeness (QED) is 0.849. The van der Waals surface area contributed by atoms with Crippen LogP contribution in [-0.4, -0.2) is 17.7 Å². The van der Waals surface area contributed by atoms with Gasteiger partial charge in [-0.25, -0.2) is 0 Å². The van der Waals surface area contributed by atoms with Crippen molar-refractivity contribution in [2.75, 3.05) is 6.61 Å². The number of benzene rings is 1. The van der Waals surface area contributed by atoms with Crippen LogP contribution in [0.4, 0.5) is 0 Å². The Bertz CT molecular complexity index is 587. The van der Waals surface area contributed by atoms with Crippen molar-refractivity contribution in [2.45, 2.75) is 26.2 Å². The van der Waals surface area contributed by atoms with Crippen molar-refractivity contribution in [3.63, 3.8) is 0 Å². The lowest BCUT2D eigenvalue weighted by atomic mass is 9.86. The molecular formula is C16H17ClO3. The molecular weight excluding hydrogens is 276 g/mol. The van der Waals surface area contributed by atoms with Gasteiger partial charge in [-0.3, -0.25) is 4.79 Å². The molecule has 1 N–H and O–H groups in total. The van der Waals surface area contributed by atoms with Crippen molar-refractivity contribution in [1.82, 2.24) is 0 Å². The van der Waals surface area contributed by atoms with Crippen LogP contribution in [0.15, 0.2) is 41.7 Å². The monoisotopic (exact) mass is 292 g/mol. The number of halogens is 1. The number of carbonyl (C=O) groups excluding carboxylic acids is 1. The molecule has 1 atom stereocenters. The SMILES string of the molecule is C/C=C1/CC(c2ccc(Cl)cc2C)C(=O)O/C1=C/CO. The van der Waals surface area contributed by atoms with Crippen LogP contribution >= 0.6 is 11.6 Å². The predicted octanol–water partition coefficient (Wildman–Crippen LogP) is 3.50. The Morgan fingerprint density at radius 3 is 2.85 bits per heavy atom. The highest BCUT2D eigenvalue weighted by Crippen LogP contribution is 2.36. The van der Waals surface area contributed by atoms with Crippen molar-refractivity contribution >= 4 is 17.6 Å². The van der Waals surface area contributed by atoms with E-state index in [1.54, 1.807) is 6.07 Å². The lowest BCUT2D eigenvalue weighted by Crippen LogP contribution is -2.24. The smallest absolute Gasteiger partial charge is 0.319 e. The van der Waals surface area contributed by atoms with Crippen LogP contribution in [0.3, 0.4) is 0 Å². The molecule has 20 heavy (non-hydrogen) atoms. The number of allylic oxidation sites excluding steroid dienone is 2. The van der Waals surface area contributed by atoms with Gasteiger partial charge in [0.15, 0.2) is 0 Å². The van der Waals surface area contributed by atoms with Crippen LogP contribution in [0.25, 0.3) is 0 Å². The maximum Gasteiger partial charge on any atom is 0.319 e. The Morgan fingerprint density at radius 2 is 2.25 bits per heavy atom. The minimum atomic E-state index is -0.325. The highest BCUT2D eigenvalue weighted by atomic mass is 35.5. The van der Waals surface area contributed by atoms with Gasteiger partial charge in [0, 0.05) is 5.02 Å². The zero-order chi connectivity index (χ0) is 14.7. The van der Waals surface area contributed by atoms with E-state index in [4.69, 9.17) is 21.4 Å². The predicted molar refractivity (Wildman–Crippen MR) is 78.6 cm³/mol. The maximum absolute atomic E-state index is 12.2. The summed E-state index contributed by atoms with van der Waals surface area (Å²) in [4.78, 5) is 12.2. The van der Waals surface area contributed by atoms with Gasteiger partial charge in [-0.15, -0.1) is 0 Å². The van der Waals surface area contributed by atoms with Gasteiger partial charge in [0.05, 0.1) is 12.5 Å². The average Bonchev–Trinajstić information content (AvgIpc) is 2.40. The molecule has 1 aliphatic heterocycles. The van der Waals surface area contributed by atoms with Gasteiger partial charge in [0.2, 0.25) is 0 Å². The summed E-state index contributed by atoms with van der Waals surface area (Å²) >= 11 is 5.95. The minimum Gasteiger partial charge on any atom is -0.426 e. The van der Waals surface area contributed by atoms with E-state index in [9.17, 15) is 4.79 Å². The van der Waals surface area contributed by atoms with E-state index in [1.165, 1.54) is 6.08 Å². The minimum absolute atomic E-state index is 0.148. The lowest BCUT2D eigenvalue weighted by Gasteiger charge is -2.26. The molecule has 1 heterocycles. The molecule has 106 valence electrons. The van der Waals surface area contributed by atoms with Gasteiger partial charge in [-0.05, 0) is 55.2 Å². The molecule has 1 unspecified atom stereocenters. The molecule has 1 aromatic rings. The number of esters is 1. The summed E-state index contributed by atoms with van der Waals surface area (Å²) < 4.78 is 5.34. The van der Waals surface area contributed by atoms with E-state index in [2.05, 4.69) is 0 Å². The number of aliphatic hydroxyl groups is 1. The molecule has 0 saturated carbocycles. The Morgan fingerprint density at radius 1 is 1.50 bits per heavy atom. The average molecular weight is 293 g/mol. The van der Waals surface area contributed by atoms with Crippen LogP contribution in [0.1, 0.15) is 30.4 Å². The molecule has 4 heteroatoms. The third-order valence-electron chi connectivity index (χ3n) is 3.47.